The third-order valence-electron chi connectivity index (χ3n) is 4.27. The number of aliphatic hydroxyl groups excluding tert-OH is 1. The van der Waals surface area contributed by atoms with Crippen molar-refractivity contribution in [2.75, 3.05) is 0 Å². The van der Waals surface area contributed by atoms with E-state index in [1.807, 2.05) is 24.3 Å². The number of ether oxygens (including phenoxy) is 1. The first-order valence-corrected chi connectivity index (χ1v) is 11.8. The minimum Gasteiger partial charge on any atom is -0.507 e. The number of halogens is 3. The number of rotatable bonds is 3. The zero-order valence-corrected chi connectivity index (χ0v) is 22.8. The number of hydrogen-bond acceptors (Lipinski definition) is 3. The molecule has 0 aromatic heterocycles. The van der Waals surface area contributed by atoms with E-state index in [1.54, 1.807) is 0 Å². The molecule has 0 aliphatic rings. The molecule has 2 N–H and O–H groups in total. The topological polar surface area (TPSA) is 49.7 Å². The standard InChI is InChI=1S/C21H25I3O3/c1-20(2,3)12-9-11(10-13(18(12)25)21(4,5)6)27-19(26)16-14(22)7-8-15(23)17(16)24/h7-10,19,25-26H,1-6H3. The van der Waals surface area contributed by atoms with Gasteiger partial charge in [0.1, 0.15) is 11.5 Å². The second-order valence-corrected chi connectivity index (χ2v) is 12.0. The summed E-state index contributed by atoms with van der Waals surface area (Å²) >= 11 is 6.71. The van der Waals surface area contributed by atoms with E-state index in [4.69, 9.17) is 4.74 Å². The first-order chi connectivity index (χ1) is 12.2. The monoisotopic (exact) mass is 706 g/mol. The highest BCUT2D eigenvalue weighted by Gasteiger charge is 2.28. The lowest BCUT2D eigenvalue weighted by atomic mass is 9.79. The third-order valence-corrected chi connectivity index (χ3v) is 8.31. The second-order valence-electron chi connectivity index (χ2n) is 8.59. The number of benzene rings is 2. The first kappa shape index (κ1) is 23.5. The molecule has 0 aliphatic carbocycles. The minimum absolute atomic E-state index is 0.251. The van der Waals surface area contributed by atoms with E-state index in [-0.39, 0.29) is 10.8 Å². The molecule has 27 heavy (non-hydrogen) atoms. The summed E-state index contributed by atoms with van der Waals surface area (Å²) in [5.74, 6) is 0.857. The summed E-state index contributed by atoms with van der Waals surface area (Å²) in [4.78, 5) is 0. The maximum absolute atomic E-state index is 10.8. The van der Waals surface area contributed by atoms with Crippen molar-refractivity contribution in [1.29, 1.82) is 0 Å². The molecule has 0 radical (unpaired) electrons. The van der Waals surface area contributed by atoms with Crippen molar-refractivity contribution < 1.29 is 14.9 Å². The molecule has 1 unspecified atom stereocenters. The average Bonchev–Trinajstić information content (AvgIpc) is 2.50. The van der Waals surface area contributed by atoms with Gasteiger partial charge in [0.15, 0.2) is 0 Å². The van der Waals surface area contributed by atoms with Crippen LogP contribution in [-0.2, 0) is 10.8 Å². The molecule has 0 saturated heterocycles. The van der Waals surface area contributed by atoms with Crippen LogP contribution >= 0.6 is 67.8 Å². The van der Waals surface area contributed by atoms with Gasteiger partial charge in [-0.3, -0.25) is 0 Å². The van der Waals surface area contributed by atoms with Gasteiger partial charge in [-0.15, -0.1) is 0 Å². The van der Waals surface area contributed by atoms with Gasteiger partial charge >= 0.3 is 0 Å². The largest absolute Gasteiger partial charge is 0.507 e. The highest BCUT2D eigenvalue weighted by molar-refractivity contribution is 14.1. The maximum Gasteiger partial charge on any atom is 0.226 e. The summed E-state index contributed by atoms with van der Waals surface area (Å²) in [6.07, 6.45) is -1.08. The van der Waals surface area contributed by atoms with Gasteiger partial charge in [0.2, 0.25) is 6.29 Å². The molecule has 1 atom stereocenters. The summed E-state index contributed by atoms with van der Waals surface area (Å²) in [6, 6.07) is 7.67. The van der Waals surface area contributed by atoms with E-state index in [0.717, 1.165) is 27.4 Å². The van der Waals surface area contributed by atoms with Crippen LogP contribution in [0.2, 0.25) is 0 Å². The van der Waals surface area contributed by atoms with Crippen molar-refractivity contribution in [2.24, 2.45) is 0 Å². The highest BCUT2D eigenvalue weighted by Crippen LogP contribution is 2.42. The quantitative estimate of drug-likeness (QED) is 0.208. The molecule has 2 aromatic rings. The Morgan fingerprint density at radius 3 is 1.74 bits per heavy atom. The van der Waals surface area contributed by atoms with E-state index in [2.05, 4.69) is 109 Å². The molecule has 0 heterocycles. The summed E-state index contributed by atoms with van der Waals surface area (Å²) in [5.41, 5.74) is 1.89. The number of phenolic OH excluding ortho intramolecular Hbond substituents is 1. The molecule has 3 nitrogen and oxygen atoms in total. The van der Waals surface area contributed by atoms with Gasteiger partial charge in [-0.05, 0) is 103 Å². The molecule has 0 bridgehead atoms. The van der Waals surface area contributed by atoms with E-state index >= 15 is 0 Å². The van der Waals surface area contributed by atoms with Gasteiger partial charge in [-0.2, -0.15) is 0 Å². The summed E-state index contributed by atoms with van der Waals surface area (Å²) in [7, 11) is 0. The molecule has 148 valence electrons. The third kappa shape index (κ3) is 5.42. The van der Waals surface area contributed by atoms with E-state index in [0.29, 0.717) is 11.5 Å². The molecule has 2 aromatic carbocycles. The van der Waals surface area contributed by atoms with Crippen molar-refractivity contribution in [3.8, 4) is 11.5 Å². The Hall–Kier alpha value is 0.190. The average molecular weight is 706 g/mol. The van der Waals surface area contributed by atoms with Crippen molar-refractivity contribution in [3.63, 3.8) is 0 Å². The zero-order chi connectivity index (χ0) is 20.7. The molecule has 0 aliphatic heterocycles. The zero-order valence-electron chi connectivity index (χ0n) is 16.3. The predicted octanol–water partition coefficient (Wildman–Crippen LogP) is 6.87. The van der Waals surface area contributed by atoms with Gasteiger partial charge in [-0.1, -0.05) is 41.5 Å². The molecule has 0 spiro atoms. The van der Waals surface area contributed by atoms with E-state index < -0.39 is 6.29 Å². The lowest BCUT2D eigenvalue weighted by Crippen LogP contribution is -2.18. The van der Waals surface area contributed by atoms with Crippen molar-refractivity contribution in [1.82, 2.24) is 0 Å². The van der Waals surface area contributed by atoms with Gasteiger partial charge < -0.3 is 14.9 Å². The van der Waals surface area contributed by atoms with Crippen molar-refractivity contribution >= 4 is 67.8 Å². The highest BCUT2D eigenvalue weighted by atomic mass is 127. The number of aliphatic hydroxyl groups is 1. The van der Waals surface area contributed by atoms with Gasteiger partial charge in [0.05, 0.1) is 0 Å². The Balaban J connectivity index is 2.55. The number of aromatic hydroxyl groups is 1. The molecule has 2 rings (SSSR count). The van der Waals surface area contributed by atoms with E-state index in [9.17, 15) is 10.2 Å². The Morgan fingerprint density at radius 1 is 0.852 bits per heavy atom. The molecule has 6 heteroatoms. The van der Waals surface area contributed by atoms with Crippen molar-refractivity contribution in [2.45, 2.75) is 58.7 Å². The fraction of sp³-hybridized carbons (Fsp3) is 0.429. The molecular weight excluding hydrogens is 681 g/mol. The second kappa shape index (κ2) is 8.51. The number of phenols is 1. The summed E-state index contributed by atoms with van der Waals surface area (Å²) in [5, 5.41) is 21.7. The van der Waals surface area contributed by atoms with Crippen LogP contribution in [0.1, 0.15) is 64.5 Å². The van der Waals surface area contributed by atoms with Crippen LogP contribution in [0.4, 0.5) is 0 Å². The smallest absolute Gasteiger partial charge is 0.226 e. The molecule has 0 saturated carbocycles. The first-order valence-electron chi connectivity index (χ1n) is 8.59. The maximum atomic E-state index is 10.8. The lowest BCUT2D eigenvalue weighted by Gasteiger charge is -2.28. The SMILES string of the molecule is CC(C)(C)c1cc(OC(O)c2c(I)ccc(I)c2I)cc(C(C)(C)C)c1O. The van der Waals surface area contributed by atoms with Gasteiger partial charge in [-0.25, -0.2) is 0 Å². The lowest BCUT2D eigenvalue weighted by molar-refractivity contribution is -0.0210. The van der Waals surface area contributed by atoms with Crippen LogP contribution in [0.15, 0.2) is 24.3 Å². The molecule has 0 fully saturated rings. The van der Waals surface area contributed by atoms with Crippen LogP contribution in [0.5, 0.6) is 11.5 Å². The van der Waals surface area contributed by atoms with Crippen LogP contribution in [-0.4, -0.2) is 10.2 Å². The fourth-order valence-corrected chi connectivity index (χ4v) is 5.22. The Kier molecular flexibility index (Phi) is 7.40. The molecular formula is C21H25I3O3. The van der Waals surface area contributed by atoms with Crippen molar-refractivity contribution in [3.05, 3.63) is 51.7 Å². The van der Waals surface area contributed by atoms with Crippen LogP contribution in [0.25, 0.3) is 0 Å². The summed E-state index contributed by atoms with van der Waals surface area (Å²) in [6.45, 7) is 12.3. The van der Waals surface area contributed by atoms with Gasteiger partial charge in [0.25, 0.3) is 0 Å². The minimum atomic E-state index is -1.08. The summed E-state index contributed by atoms with van der Waals surface area (Å²) < 4.78 is 8.99. The molecule has 0 amide bonds. The van der Waals surface area contributed by atoms with Gasteiger partial charge in [0, 0.05) is 27.4 Å². The fourth-order valence-electron chi connectivity index (χ4n) is 2.78. The Bertz CT molecular complexity index is 814. The van der Waals surface area contributed by atoms with Crippen LogP contribution in [0, 0.1) is 10.7 Å². The predicted molar refractivity (Wildman–Crippen MR) is 136 cm³/mol. The van der Waals surface area contributed by atoms with Crippen LogP contribution < -0.4 is 4.74 Å². The number of hydrogen-bond donors (Lipinski definition) is 2. The Morgan fingerprint density at radius 2 is 1.30 bits per heavy atom. The van der Waals surface area contributed by atoms with Crippen LogP contribution in [0.3, 0.4) is 0 Å². The Labute approximate surface area is 202 Å². The normalized spacial score (nSPS) is 13.6. The van der Waals surface area contributed by atoms with E-state index in [1.165, 1.54) is 0 Å².